The highest BCUT2D eigenvalue weighted by molar-refractivity contribution is 7.12. The van der Waals surface area contributed by atoms with Crippen molar-refractivity contribution in [3.63, 3.8) is 0 Å². The number of carbonyl (C=O) groups excluding carboxylic acids is 1. The summed E-state index contributed by atoms with van der Waals surface area (Å²) in [5.74, 6) is -0.236. The van der Waals surface area contributed by atoms with E-state index in [0.29, 0.717) is 23.6 Å². The van der Waals surface area contributed by atoms with Crippen LogP contribution >= 0.6 is 11.3 Å². The molecule has 0 saturated carbocycles. The highest BCUT2D eigenvalue weighted by atomic mass is 32.1. The number of carbonyl (C=O) groups is 1. The summed E-state index contributed by atoms with van der Waals surface area (Å²) >= 11 is 1.31. The highest BCUT2D eigenvalue weighted by Gasteiger charge is 2.39. The molecule has 1 amide bonds. The van der Waals surface area contributed by atoms with Crippen molar-refractivity contribution in [2.45, 2.75) is 25.7 Å². The van der Waals surface area contributed by atoms with Gasteiger partial charge < -0.3 is 10.1 Å². The van der Waals surface area contributed by atoms with E-state index in [0.717, 1.165) is 0 Å². The monoisotopic (exact) mass is 345 g/mol. The van der Waals surface area contributed by atoms with Gasteiger partial charge in [-0.15, -0.1) is 11.3 Å². The Hall–Kier alpha value is -1.87. The average molecular weight is 345 g/mol. The number of ether oxygens (including phenoxy) is 1. The summed E-state index contributed by atoms with van der Waals surface area (Å²) in [6.07, 6.45) is -4.12. The predicted molar refractivity (Wildman–Crippen MR) is 77.2 cm³/mol. The van der Waals surface area contributed by atoms with Gasteiger partial charge in [0.15, 0.2) is 5.69 Å². The van der Waals surface area contributed by atoms with Crippen molar-refractivity contribution in [1.29, 1.82) is 0 Å². The number of hydrogen-bond acceptors (Lipinski definition) is 4. The molecule has 0 atom stereocenters. The fraction of sp³-hybridized carbons (Fsp3) is 0.429. The first-order chi connectivity index (χ1) is 11.0. The molecule has 0 aromatic carbocycles. The van der Waals surface area contributed by atoms with Crippen LogP contribution in [-0.2, 0) is 30.5 Å². The number of halogens is 3. The lowest BCUT2D eigenvalue weighted by Crippen LogP contribution is -2.27. The standard InChI is InChI=1S/C14H14F3N3O2S/c15-14(16,17)12-9-8-22-6-3-10(9)20(19-12)5-4-18-13(21)11-2-1-7-23-11/h1-2,7H,3-6,8H2,(H,18,21). The first kappa shape index (κ1) is 16.0. The van der Waals surface area contributed by atoms with Crippen LogP contribution in [0.2, 0.25) is 0 Å². The van der Waals surface area contributed by atoms with Crippen molar-refractivity contribution >= 4 is 17.2 Å². The van der Waals surface area contributed by atoms with Crippen LogP contribution in [0.3, 0.4) is 0 Å². The van der Waals surface area contributed by atoms with Crippen molar-refractivity contribution in [3.8, 4) is 0 Å². The van der Waals surface area contributed by atoms with Crippen molar-refractivity contribution in [2.75, 3.05) is 13.2 Å². The minimum Gasteiger partial charge on any atom is -0.376 e. The maximum absolute atomic E-state index is 13.0. The molecule has 0 unspecified atom stereocenters. The molecule has 0 fully saturated rings. The lowest BCUT2D eigenvalue weighted by molar-refractivity contribution is -0.142. The molecular formula is C14H14F3N3O2S. The summed E-state index contributed by atoms with van der Waals surface area (Å²) in [6, 6.07) is 3.45. The fourth-order valence-electron chi connectivity index (χ4n) is 2.49. The number of nitrogens with one attached hydrogen (secondary N) is 1. The maximum Gasteiger partial charge on any atom is 0.435 e. The molecule has 2 aromatic rings. The number of rotatable bonds is 4. The topological polar surface area (TPSA) is 56.2 Å². The van der Waals surface area contributed by atoms with Gasteiger partial charge in [0, 0.05) is 24.2 Å². The van der Waals surface area contributed by atoms with Crippen LogP contribution in [-0.4, -0.2) is 28.8 Å². The Morgan fingerprint density at radius 3 is 3.00 bits per heavy atom. The number of aromatic nitrogens is 2. The van der Waals surface area contributed by atoms with Crippen LogP contribution in [0.25, 0.3) is 0 Å². The number of nitrogens with zero attached hydrogens (tertiary/aromatic N) is 2. The van der Waals surface area contributed by atoms with Crippen LogP contribution in [0.15, 0.2) is 17.5 Å². The van der Waals surface area contributed by atoms with Crippen LogP contribution in [0.5, 0.6) is 0 Å². The molecule has 2 aromatic heterocycles. The number of thiophene rings is 1. The Bertz CT molecular complexity index is 695. The molecule has 23 heavy (non-hydrogen) atoms. The first-order valence-corrected chi connectivity index (χ1v) is 7.90. The molecule has 0 spiro atoms. The summed E-state index contributed by atoms with van der Waals surface area (Å²) in [6.45, 7) is 0.696. The van der Waals surface area contributed by atoms with E-state index in [1.54, 1.807) is 17.5 Å². The minimum atomic E-state index is -4.50. The molecule has 0 aliphatic carbocycles. The lowest BCUT2D eigenvalue weighted by atomic mass is 10.1. The molecule has 9 heteroatoms. The molecule has 1 aliphatic rings. The summed E-state index contributed by atoms with van der Waals surface area (Å²) in [5, 5.41) is 8.16. The van der Waals surface area contributed by atoms with Crippen molar-refractivity contribution in [1.82, 2.24) is 15.1 Å². The third-order valence-corrected chi connectivity index (χ3v) is 4.39. The van der Waals surface area contributed by atoms with E-state index >= 15 is 0 Å². The van der Waals surface area contributed by atoms with E-state index in [-0.39, 0.29) is 31.2 Å². The quantitative estimate of drug-likeness (QED) is 0.926. The van der Waals surface area contributed by atoms with E-state index in [4.69, 9.17) is 4.74 Å². The van der Waals surface area contributed by atoms with E-state index in [9.17, 15) is 18.0 Å². The van der Waals surface area contributed by atoms with Gasteiger partial charge in [0.05, 0.1) is 24.6 Å². The van der Waals surface area contributed by atoms with Crippen LogP contribution in [0, 0.1) is 0 Å². The summed E-state index contributed by atoms with van der Waals surface area (Å²) in [7, 11) is 0. The Morgan fingerprint density at radius 1 is 1.48 bits per heavy atom. The van der Waals surface area contributed by atoms with E-state index in [1.165, 1.54) is 16.0 Å². The smallest absolute Gasteiger partial charge is 0.376 e. The summed E-state index contributed by atoms with van der Waals surface area (Å²) < 4.78 is 45.5. The Kier molecular flexibility index (Phi) is 4.40. The van der Waals surface area contributed by atoms with E-state index < -0.39 is 11.9 Å². The van der Waals surface area contributed by atoms with Gasteiger partial charge in [-0.2, -0.15) is 18.3 Å². The number of amides is 1. The second-order valence-corrected chi connectivity index (χ2v) is 5.98. The highest BCUT2D eigenvalue weighted by Crippen LogP contribution is 2.34. The van der Waals surface area contributed by atoms with Gasteiger partial charge in [0.25, 0.3) is 5.91 Å². The minimum absolute atomic E-state index is 0.0776. The van der Waals surface area contributed by atoms with E-state index in [1.807, 2.05) is 0 Å². The maximum atomic E-state index is 13.0. The lowest BCUT2D eigenvalue weighted by Gasteiger charge is -2.15. The number of alkyl halides is 3. The molecule has 1 aliphatic heterocycles. The van der Waals surface area contributed by atoms with E-state index in [2.05, 4.69) is 10.4 Å². The molecule has 1 N–H and O–H groups in total. The van der Waals surface area contributed by atoms with Crippen molar-refractivity contribution in [2.24, 2.45) is 0 Å². The second kappa shape index (κ2) is 6.32. The Balaban J connectivity index is 1.70. The fourth-order valence-corrected chi connectivity index (χ4v) is 3.13. The van der Waals surface area contributed by atoms with Gasteiger partial charge in [0.1, 0.15) is 0 Å². The summed E-state index contributed by atoms with van der Waals surface area (Å²) in [4.78, 5) is 12.4. The normalized spacial score (nSPS) is 14.6. The first-order valence-electron chi connectivity index (χ1n) is 7.02. The third kappa shape index (κ3) is 3.40. The zero-order valence-corrected chi connectivity index (χ0v) is 12.8. The van der Waals surface area contributed by atoms with Gasteiger partial charge in [-0.3, -0.25) is 9.48 Å². The Labute approximate surface area is 134 Å². The molecule has 0 bridgehead atoms. The molecule has 0 radical (unpaired) electrons. The zero-order chi connectivity index (χ0) is 16.4. The number of fused-ring (bicyclic) bond motifs is 1. The predicted octanol–water partition coefficient (Wildman–Crippen LogP) is 2.47. The van der Waals surface area contributed by atoms with Gasteiger partial charge in [-0.1, -0.05) is 6.07 Å². The second-order valence-electron chi connectivity index (χ2n) is 5.03. The van der Waals surface area contributed by atoms with Gasteiger partial charge in [-0.05, 0) is 11.4 Å². The van der Waals surface area contributed by atoms with Crippen molar-refractivity contribution < 1.29 is 22.7 Å². The SMILES string of the molecule is O=C(NCCn1nc(C(F)(F)F)c2c1CCOC2)c1cccs1. The van der Waals surface area contributed by atoms with Crippen LogP contribution < -0.4 is 5.32 Å². The third-order valence-electron chi connectivity index (χ3n) is 3.52. The van der Waals surface area contributed by atoms with Gasteiger partial charge in [-0.25, -0.2) is 0 Å². The molecule has 124 valence electrons. The van der Waals surface area contributed by atoms with Crippen LogP contribution in [0.1, 0.15) is 26.6 Å². The molecule has 3 heterocycles. The number of hydrogen-bond donors (Lipinski definition) is 1. The zero-order valence-electron chi connectivity index (χ0n) is 12.0. The molecule has 0 saturated heterocycles. The Morgan fingerprint density at radius 2 is 2.30 bits per heavy atom. The largest absolute Gasteiger partial charge is 0.435 e. The van der Waals surface area contributed by atoms with Crippen LogP contribution in [0.4, 0.5) is 13.2 Å². The van der Waals surface area contributed by atoms with Gasteiger partial charge >= 0.3 is 6.18 Å². The average Bonchev–Trinajstić information content (AvgIpc) is 3.14. The molecule has 3 rings (SSSR count). The van der Waals surface area contributed by atoms with Crippen molar-refractivity contribution in [3.05, 3.63) is 39.3 Å². The molecular weight excluding hydrogens is 331 g/mol. The molecule has 5 nitrogen and oxygen atoms in total. The summed E-state index contributed by atoms with van der Waals surface area (Å²) in [5.41, 5.74) is -0.251. The van der Waals surface area contributed by atoms with Gasteiger partial charge in [0.2, 0.25) is 0 Å².